The van der Waals surface area contributed by atoms with Gasteiger partial charge in [-0.1, -0.05) is 12.1 Å². The summed E-state index contributed by atoms with van der Waals surface area (Å²) in [5, 5.41) is 13.4. The number of benzene rings is 1. The van der Waals surface area contributed by atoms with Crippen molar-refractivity contribution in [3.05, 3.63) is 35.6 Å². The fourth-order valence-electron chi connectivity index (χ4n) is 2.14. The average molecular weight is 239 g/mol. The summed E-state index contributed by atoms with van der Waals surface area (Å²) < 4.78 is 18.4. The molecule has 1 aromatic rings. The molecule has 0 amide bonds. The molecule has 2 rings (SSSR count). The van der Waals surface area contributed by atoms with Gasteiger partial charge in [0.05, 0.1) is 19.3 Å². The minimum Gasteiger partial charge on any atom is -0.388 e. The van der Waals surface area contributed by atoms with Crippen LogP contribution in [-0.4, -0.2) is 30.4 Å². The molecule has 2 N–H and O–H groups in total. The van der Waals surface area contributed by atoms with Gasteiger partial charge in [-0.2, -0.15) is 0 Å². The first kappa shape index (κ1) is 12.5. The first-order valence-corrected chi connectivity index (χ1v) is 5.92. The molecule has 1 aliphatic rings. The number of halogens is 1. The number of aliphatic hydroxyl groups is 1. The molecule has 3 unspecified atom stereocenters. The Bertz CT molecular complexity index is 372. The maximum Gasteiger partial charge on any atom is 0.123 e. The molecule has 1 aromatic carbocycles. The van der Waals surface area contributed by atoms with Crippen LogP contribution >= 0.6 is 0 Å². The van der Waals surface area contributed by atoms with Crippen molar-refractivity contribution in [1.29, 1.82) is 0 Å². The SMILES string of the molecule is CC1COCC(CC(O)c2cccc(F)c2)N1. The van der Waals surface area contributed by atoms with Gasteiger partial charge in [0.2, 0.25) is 0 Å². The topological polar surface area (TPSA) is 41.5 Å². The predicted octanol–water partition coefficient (Wildman–Crippen LogP) is 1.63. The minimum absolute atomic E-state index is 0.122. The lowest BCUT2D eigenvalue weighted by molar-refractivity contribution is 0.0303. The summed E-state index contributed by atoms with van der Waals surface area (Å²) >= 11 is 0. The van der Waals surface area contributed by atoms with Gasteiger partial charge in [-0.25, -0.2) is 4.39 Å². The summed E-state index contributed by atoms with van der Waals surface area (Å²) in [5.74, 6) is -0.317. The lowest BCUT2D eigenvalue weighted by Crippen LogP contribution is -2.47. The van der Waals surface area contributed by atoms with E-state index in [2.05, 4.69) is 5.32 Å². The van der Waals surface area contributed by atoms with Gasteiger partial charge in [0.1, 0.15) is 5.82 Å². The maximum absolute atomic E-state index is 13.0. The van der Waals surface area contributed by atoms with Gasteiger partial charge in [0.15, 0.2) is 0 Å². The van der Waals surface area contributed by atoms with E-state index < -0.39 is 6.10 Å². The quantitative estimate of drug-likeness (QED) is 0.842. The molecule has 3 atom stereocenters. The van der Waals surface area contributed by atoms with Crippen LogP contribution in [0.1, 0.15) is 25.0 Å². The van der Waals surface area contributed by atoms with Crippen LogP contribution < -0.4 is 5.32 Å². The van der Waals surface area contributed by atoms with Crippen molar-refractivity contribution in [2.75, 3.05) is 13.2 Å². The van der Waals surface area contributed by atoms with Crippen molar-refractivity contribution in [3.63, 3.8) is 0 Å². The molecule has 0 radical (unpaired) electrons. The van der Waals surface area contributed by atoms with Crippen molar-refractivity contribution >= 4 is 0 Å². The van der Waals surface area contributed by atoms with Gasteiger partial charge in [0.25, 0.3) is 0 Å². The van der Waals surface area contributed by atoms with Gasteiger partial charge in [0, 0.05) is 12.1 Å². The highest BCUT2D eigenvalue weighted by molar-refractivity contribution is 5.18. The summed E-state index contributed by atoms with van der Waals surface area (Å²) in [6.45, 7) is 3.34. The van der Waals surface area contributed by atoms with Gasteiger partial charge in [-0.3, -0.25) is 0 Å². The van der Waals surface area contributed by atoms with E-state index in [1.165, 1.54) is 12.1 Å². The van der Waals surface area contributed by atoms with Crippen LogP contribution in [0, 0.1) is 5.82 Å². The standard InChI is InChI=1S/C13H18FNO2/c1-9-7-17-8-12(15-9)6-13(16)10-3-2-4-11(14)5-10/h2-5,9,12-13,15-16H,6-8H2,1H3. The zero-order valence-corrected chi connectivity index (χ0v) is 9.90. The molecule has 0 bridgehead atoms. The highest BCUT2D eigenvalue weighted by Gasteiger charge is 2.21. The Morgan fingerprint density at radius 2 is 2.35 bits per heavy atom. The first-order chi connectivity index (χ1) is 8.15. The first-order valence-electron chi connectivity index (χ1n) is 5.92. The Morgan fingerprint density at radius 1 is 1.53 bits per heavy atom. The van der Waals surface area contributed by atoms with Gasteiger partial charge < -0.3 is 15.2 Å². The Balaban J connectivity index is 1.94. The average Bonchev–Trinajstić information content (AvgIpc) is 2.29. The van der Waals surface area contributed by atoms with Crippen LogP contribution in [0.25, 0.3) is 0 Å². The molecule has 94 valence electrons. The number of hydrogen-bond acceptors (Lipinski definition) is 3. The molecular formula is C13H18FNO2. The van der Waals surface area contributed by atoms with Crippen LogP contribution in [0.2, 0.25) is 0 Å². The van der Waals surface area contributed by atoms with Crippen molar-refractivity contribution in [3.8, 4) is 0 Å². The summed E-state index contributed by atoms with van der Waals surface area (Å²) in [4.78, 5) is 0. The molecule has 1 aliphatic heterocycles. The van der Waals surface area contributed by atoms with Gasteiger partial charge in [-0.15, -0.1) is 0 Å². The molecule has 4 heteroatoms. The number of ether oxygens (including phenoxy) is 1. The smallest absolute Gasteiger partial charge is 0.123 e. The van der Waals surface area contributed by atoms with E-state index in [1.54, 1.807) is 12.1 Å². The van der Waals surface area contributed by atoms with Gasteiger partial charge in [-0.05, 0) is 31.0 Å². The highest BCUT2D eigenvalue weighted by atomic mass is 19.1. The van der Waals surface area contributed by atoms with E-state index in [0.717, 1.165) is 0 Å². The van der Waals surface area contributed by atoms with Crippen LogP contribution in [0.15, 0.2) is 24.3 Å². The molecule has 3 nitrogen and oxygen atoms in total. The third kappa shape index (κ3) is 3.49. The fraction of sp³-hybridized carbons (Fsp3) is 0.538. The van der Waals surface area contributed by atoms with E-state index in [9.17, 15) is 9.50 Å². The number of nitrogens with one attached hydrogen (secondary N) is 1. The molecule has 1 fully saturated rings. The normalized spacial score (nSPS) is 26.8. The number of aliphatic hydroxyl groups excluding tert-OH is 1. The fourth-order valence-corrected chi connectivity index (χ4v) is 2.14. The van der Waals surface area contributed by atoms with Crippen molar-refractivity contribution in [1.82, 2.24) is 5.32 Å². The van der Waals surface area contributed by atoms with E-state index in [1.807, 2.05) is 6.92 Å². The zero-order valence-electron chi connectivity index (χ0n) is 9.90. The summed E-state index contributed by atoms with van der Waals surface area (Å²) in [6.07, 6.45) is -0.120. The molecule has 17 heavy (non-hydrogen) atoms. The molecule has 0 aliphatic carbocycles. The highest BCUT2D eigenvalue weighted by Crippen LogP contribution is 2.20. The third-order valence-corrected chi connectivity index (χ3v) is 2.95. The molecule has 0 saturated carbocycles. The molecule has 0 aromatic heterocycles. The second-order valence-electron chi connectivity index (χ2n) is 4.61. The van der Waals surface area contributed by atoms with E-state index in [0.29, 0.717) is 31.2 Å². The Labute approximate surface area is 101 Å². The van der Waals surface area contributed by atoms with Crippen molar-refractivity contribution in [2.24, 2.45) is 0 Å². The minimum atomic E-state index is -0.655. The molecule has 0 spiro atoms. The Hall–Kier alpha value is -0.970. The monoisotopic (exact) mass is 239 g/mol. The second kappa shape index (κ2) is 5.58. The molecule has 1 heterocycles. The lowest BCUT2D eigenvalue weighted by Gasteiger charge is -2.30. The number of hydrogen-bond donors (Lipinski definition) is 2. The summed E-state index contributed by atoms with van der Waals surface area (Å²) in [7, 11) is 0. The van der Waals surface area contributed by atoms with Crippen LogP contribution in [0.5, 0.6) is 0 Å². The number of rotatable bonds is 3. The van der Waals surface area contributed by atoms with E-state index >= 15 is 0 Å². The number of morpholine rings is 1. The van der Waals surface area contributed by atoms with E-state index in [4.69, 9.17) is 4.74 Å². The summed E-state index contributed by atoms with van der Waals surface area (Å²) in [6, 6.07) is 6.52. The maximum atomic E-state index is 13.0. The largest absolute Gasteiger partial charge is 0.388 e. The van der Waals surface area contributed by atoms with Crippen LogP contribution in [0.3, 0.4) is 0 Å². The van der Waals surface area contributed by atoms with Crippen molar-refractivity contribution in [2.45, 2.75) is 31.5 Å². The zero-order chi connectivity index (χ0) is 12.3. The van der Waals surface area contributed by atoms with Crippen LogP contribution in [0.4, 0.5) is 4.39 Å². The Kier molecular flexibility index (Phi) is 4.10. The van der Waals surface area contributed by atoms with Gasteiger partial charge >= 0.3 is 0 Å². The van der Waals surface area contributed by atoms with Crippen LogP contribution in [-0.2, 0) is 4.74 Å². The third-order valence-electron chi connectivity index (χ3n) is 2.95. The molecule has 1 saturated heterocycles. The van der Waals surface area contributed by atoms with Crippen molar-refractivity contribution < 1.29 is 14.2 Å². The summed E-state index contributed by atoms with van der Waals surface area (Å²) in [5.41, 5.74) is 0.616. The Morgan fingerprint density at radius 3 is 3.06 bits per heavy atom. The second-order valence-corrected chi connectivity index (χ2v) is 4.61. The van der Waals surface area contributed by atoms with E-state index in [-0.39, 0.29) is 11.9 Å². The predicted molar refractivity (Wildman–Crippen MR) is 63.2 cm³/mol. The lowest BCUT2D eigenvalue weighted by atomic mass is 10.0. The molecular weight excluding hydrogens is 221 g/mol.